The molecule has 0 saturated carbocycles. The molecular formula is C9H7Br2ClS. The Hall–Kier alpha value is 0.820. The maximum absolute atomic E-state index is 6.24. The van der Waals surface area contributed by atoms with Crippen molar-refractivity contribution in [2.24, 2.45) is 0 Å². The number of fused-ring (bicyclic) bond motifs is 1. The molecule has 1 aliphatic rings. The maximum Gasteiger partial charge on any atom is 0.0605 e. The minimum absolute atomic E-state index is 0.171. The van der Waals surface area contributed by atoms with Gasteiger partial charge in [-0.1, -0.05) is 15.9 Å². The van der Waals surface area contributed by atoms with Crippen LogP contribution in [0.15, 0.2) is 26.0 Å². The van der Waals surface area contributed by atoms with Crippen molar-refractivity contribution in [1.82, 2.24) is 0 Å². The molecule has 0 bridgehead atoms. The normalized spacial score (nSPS) is 21.3. The van der Waals surface area contributed by atoms with Crippen molar-refractivity contribution < 1.29 is 0 Å². The zero-order chi connectivity index (χ0) is 9.42. The largest absolute Gasteiger partial charge is 0.125 e. The Morgan fingerprint density at radius 1 is 1.38 bits per heavy atom. The molecule has 2 rings (SSSR count). The quantitative estimate of drug-likeness (QED) is 0.599. The van der Waals surface area contributed by atoms with Crippen LogP contribution < -0.4 is 0 Å². The van der Waals surface area contributed by atoms with Crippen LogP contribution in [-0.2, 0) is 0 Å². The van der Waals surface area contributed by atoms with E-state index in [1.165, 1.54) is 10.5 Å². The van der Waals surface area contributed by atoms with E-state index < -0.39 is 0 Å². The van der Waals surface area contributed by atoms with Gasteiger partial charge in [-0.05, 0) is 45.8 Å². The second-order valence-corrected chi connectivity index (χ2v) is 6.31. The summed E-state index contributed by atoms with van der Waals surface area (Å²) in [4.78, 5) is 1.30. The summed E-state index contributed by atoms with van der Waals surface area (Å²) in [6.07, 6.45) is 1.06. The van der Waals surface area contributed by atoms with E-state index in [1.807, 2.05) is 11.8 Å². The van der Waals surface area contributed by atoms with Gasteiger partial charge in [0.15, 0.2) is 0 Å². The van der Waals surface area contributed by atoms with Crippen molar-refractivity contribution in [2.45, 2.75) is 16.7 Å². The van der Waals surface area contributed by atoms with E-state index in [-0.39, 0.29) is 5.38 Å². The highest BCUT2D eigenvalue weighted by Gasteiger charge is 2.20. The highest BCUT2D eigenvalue weighted by molar-refractivity contribution is 9.11. The molecule has 0 aromatic heterocycles. The van der Waals surface area contributed by atoms with Crippen molar-refractivity contribution >= 4 is 55.2 Å². The smallest absolute Gasteiger partial charge is 0.0605 e. The first-order chi connectivity index (χ1) is 6.18. The van der Waals surface area contributed by atoms with E-state index in [0.717, 1.165) is 21.1 Å². The van der Waals surface area contributed by atoms with Crippen LogP contribution in [0.25, 0.3) is 0 Å². The molecule has 1 aromatic rings. The van der Waals surface area contributed by atoms with Crippen molar-refractivity contribution in [3.63, 3.8) is 0 Å². The SMILES string of the molecule is Cl[C@H]1CCSc2c(Br)cc(Br)cc21. The van der Waals surface area contributed by atoms with Gasteiger partial charge in [0.05, 0.1) is 5.38 Å². The fourth-order valence-corrected chi connectivity index (χ4v) is 4.58. The average molecular weight is 342 g/mol. The van der Waals surface area contributed by atoms with Gasteiger partial charge >= 0.3 is 0 Å². The van der Waals surface area contributed by atoms with Gasteiger partial charge in [0.1, 0.15) is 0 Å². The summed E-state index contributed by atoms with van der Waals surface area (Å²) in [5.41, 5.74) is 1.25. The van der Waals surface area contributed by atoms with Crippen molar-refractivity contribution in [2.75, 3.05) is 5.75 Å². The molecule has 1 atom stereocenters. The van der Waals surface area contributed by atoms with E-state index >= 15 is 0 Å². The van der Waals surface area contributed by atoms with Crippen LogP contribution in [0.1, 0.15) is 17.4 Å². The van der Waals surface area contributed by atoms with E-state index in [0.29, 0.717) is 0 Å². The predicted molar refractivity (Wildman–Crippen MR) is 65.8 cm³/mol. The summed E-state index contributed by atoms with van der Waals surface area (Å²) in [7, 11) is 0. The van der Waals surface area contributed by atoms with Gasteiger partial charge in [0.2, 0.25) is 0 Å². The Kier molecular flexibility index (Phi) is 3.29. The van der Waals surface area contributed by atoms with Crippen molar-refractivity contribution in [3.05, 3.63) is 26.6 Å². The van der Waals surface area contributed by atoms with Crippen LogP contribution in [0.5, 0.6) is 0 Å². The lowest BCUT2D eigenvalue weighted by molar-refractivity contribution is 0.850. The van der Waals surface area contributed by atoms with Crippen LogP contribution in [0.4, 0.5) is 0 Å². The van der Waals surface area contributed by atoms with Gasteiger partial charge in [-0.3, -0.25) is 0 Å². The van der Waals surface area contributed by atoms with Gasteiger partial charge in [-0.25, -0.2) is 0 Å². The number of hydrogen-bond donors (Lipinski definition) is 0. The lowest BCUT2D eigenvalue weighted by Gasteiger charge is -2.21. The van der Waals surface area contributed by atoms with Crippen LogP contribution in [0, 0.1) is 0 Å². The molecule has 0 unspecified atom stereocenters. The summed E-state index contributed by atoms with van der Waals surface area (Å²) in [5.74, 6) is 1.11. The second-order valence-electron chi connectivity index (χ2n) is 2.91. The number of halogens is 3. The van der Waals surface area contributed by atoms with E-state index in [9.17, 15) is 0 Å². The van der Waals surface area contributed by atoms with Crippen molar-refractivity contribution in [1.29, 1.82) is 0 Å². The molecule has 0 nitrogen and oxygen atoms in total. The monoisotopic (exact) mass is 340 g/mol. The molecule has 0 fully saturated rings. The third-order valence-corrected chi connectivity index (χ3v) is 4.98. The highest BCUT2D eigenvalue weighted by Crippen LogP contribution is 2.44. The molecule has 0 aliphatic carbocycles. The molecule has 13 heavy (non-hydrogen) atoms. The van der Waals surface area contributed by atoms with Gasteiger partial charge < -0.3 is 0 Å². The standard InChI is InChI=1S/C9H7Br2ClS/c10-5-3-6-8(12)1-2-13-9(6)7(11)4-5/h3-4,8H,1-2H2/t8-/m0/s1. The molecule has 0 radical (unpaired) electrons. The molecule has 0 saturated heterocycles. The molecule has 0 amide bonds. The van der Waals surface area contributed by atoms with Crippen LogP contribution in [0.3, 0.4) is 0 Å². The topological polar surface area (TPSA) is 0 Å². The third-order valence-electron chi connectivity index (χ3n) is 1.99. The summed E-state index contributed by atoms with van der Waals surface area (Å²) < 4.78 is 2.23. The third kappa shape index (κ3) is 2.09. The number of rotatable bonds is 0. The Balaban J connectivity index is 2.56. The molecule has 4 heteroatoms. The second kappa shape index (κ2) is 4.13. The van der Waals surface area contributed by atoms with Crippen LogP contribution >= 0.6 is 55.2 Å². The van der Waals surface area contributed by atoms with Gasteiger partial charge in [0.25, 0.3) is 0 Å². The molecule has 1 aliphatic heterocycles. The van der Waals surface area contributed by atoms with Crippen LogP contribution in [0.2, 0.25) is 0 Å². The summed E-state index contributed by atoms with van der Waals surface area (Å²) >= 11 is 15.1. The zero-order valence-corrected chi connectivity index (χ0v) is 11.4. The fourth-order valence-electron chi connectivity index (χ4n) is 1.39. The summed E-state index contributed by atoms with van der Waals surface area (Å²) in [5, 5.41) is 0.171. The molecule has 0 N–H and O–H groups in total. The first-order valence-corrected chi connectivity index (χ1v) is 6.95. The minimum Gasteiger partial charge on any atom is -0.125 e. The van der Waals surface area contributed by atoms with E-state index in [4.69, 9.17) is 11.6 Å². The summed E-state index contributed by atoms with van der Waals surface area (Å²) in [6.45, 7) is 0. The van der Waals surface area contributed by atoms with Crippen molar-refractivity contribution in [3.8, 4) is 0 Å². The Morgan fingerprint density at radius 3 is 2.92 bits per heavy atom. The average Bonchev–Trinajstić information content (AvgIpc) is 2.07. The minimum atomic E-state index is 0.171. The number of thioether (sulfide) groups is 1. The van der Waals surface area contributed by atoms with E-state index in [2.05, 4.69) is 44.0 Å². The predicted octanol–water partition coefficient (Wildman–Crippen LogP) is 4.99. The number of alkyl halides is 1. The van der Waals surface area contributed by atoms with Gasteiger partial charge in [-0.2, -0.15) is 0 Å². The molecular weight excluding hydrogens is 335 g/mol. The van der Waals surface area contributed by atoms with Gasteiger partial charge in [-0.15, -0.1) is 23.4 Å². The summed E-state index contributed by atoms with van der Waals surface area (Å²) in [6, 6.07) is 4.19. The lowest BCUT2D eigenvalue weighted by atomic mass is 10.1. The Morgan fingerprint density at radius 2 is 2.15 bits per heavy atom. The zero-order valence-electron chi connectivity index (χ0n) is 6.69. The first kappa shape index (κ1) is 10.3. The van der Waals surface area contributed by atoms with Gasteiger partial charge in [0, 0.05) is 13.8 Å². The fraction of sp³-hybridized carbons (Fsp3) is 0.333. The lowest BCUT2D eigenvalue weighted by Crippen LogP contribution is -2.02. The number of benzene rings is 1. The Labute approximate surface area is 104 Å². The first-order valence-electron chi connectivity index (χ1n) is 3.94. The molecule has 1 aromatic carbocycles. The molecule has 1 heterocycles. The van der Waals surface area contributed by atoms with E-state index in [1.54, 1.807) is 0 Å². The highest BCUT2D eigenvalue weighted by atomic mass is 79.9. The molecule has 70 valence electrons. The number of hydrogen-bond acceptors (Lipinski definition) is 1. The molecule has 0 spiro atoms. The van der Waals surface area contributed by atoms with Crippen LogP contribution in [-0.4, -0.2) is 5.75 Å². The maximum atomic E-state index is 6.24. The Bertz CT molecular complexity index is 341.